The quantitative estimate of drug-likeness (QED) is 0.591. The highest BCUT2D eigenvalue weighted by Gasteiger charge is 2.16. The van der Waals surface area contributed by atoms with Gasteiger partial charge in [0.2, 0.25) is 0 Å². The van der Waals surface area contributed by atoms with E-state index in [4.69, 9.17) is 4.74 Å². The van der Waals surface area contributed by atoms with E-state index in [1.54, 1.807) is 13.2 Å². The number of aliphatic hydroxyl groups is 1. The highest BCUT2D eigenvalue weighted by atomic mass is 16.5. The number of carbonyl (C=O) groups excluding carboxylic acids is 1. The van der Waals surface area contributed by atoms with Crippen molar-refractivity contribution in [3.8, 4) is 16.9 Å². The Bertz CT molecular complexity index is 971. The fraction of sp³-hybridized carbons (Fsp3) is 0.280. The van der Waals surface area contributed by atoms with E-state index in [1.807, 2.05) is 74.6 Å². The number of aliphatic hydroxyl groups excluding tert-OH is 1. The summed E-state index contributed by atoms with van der Waals surface area (Å²) in [6.07, 6.45) is 4.02. The van der Waals surface area contributed by atoms with Gasteiger partial charge in [-0.2, -0.15) is 0 Å². The predicted octanol–water partition coefficient (Wildman–Crippen LogP) is 4.18. The summed E-state index contributed by atoms with van der Waals surface area (Å²) in [5.41, 5.74) is 4.84. The van der Waals surface area contributed by atoms with E-state index in [0.29, 0.717) is 17.7 Å². The second-order valence-electron chi connectivity index (χ2n) is 7.42. The van der Waals surface area contributed by atoms with Crippen molar-refractivity contribution in [1.29, 1.82) is 0 Å². The number of pyridine rings is 1. The lowest BCUT2D eigenvalue weighted by molar-refractivity contribution is 0.0420. The molecule has 0 bridgehead atoms. The predicted molar refractivity (Wildman–Crippen MR) is 119 cm³/mol. The number of aryl methyl sites for hydroxylation is 2. The molecule has 0 aliphatic carbocycles. The van der Waals surface area contributed by atoms with Gasteiger partial charge in [0, 0.05) is 25.0 Å². The normalized spacial score (nSPS) is 12.8. The van der Waals surface area contributed by atoms with Crippen LogP contribution in [0.3, 0.4) is 0 Å². The zero-order valence-electron chi connectivity index (χ0n) is 17.6. The molecule has 2 aromatic carbocycles. The molecule has 0 fully saturated rings. The molecule has 5 heteroatoms. The van der Waals surface area contributed by atoms with Gasteiger partial charge in [0.25, 0.3) is 5.91 Å². The first kappa shape index (κ1) is 21.5. The molecule has 1 aromatic heterocycles. The van der Waals surface area contributed by atoms with Crippen molar-refractivity contribution in [3.63, 3.8) is 0 Å². The van der Waals surface area contributed by atoms with Crippen molar-refractivity contribution >= 4 is 5.91 Å². The van der Waals surface area contributed by atoms with Gasteiger partial charge >= 0.3 is 0 Å². The average molecular weight is 405 g/mol. The standard InChI is InChI=1S/C25H28N2O3/c1-17-6-8-21(25(29)26-3)15-23(17)20-9-11-22(12-10-20)30-18(2)24(28)13-7-19-5-4-14-27-16-19/h4-6,8-12,14-16,18,24,28H,7,13H2,1-3H3,(H,26,29). The van der Waals surface area contributed by atoms with E-state index in [-0.39, 0.29) is 12.0 Å². The summed E-state index contributed by atoms with van der Waals surface area (Å²) in [5.74, 6) is 0.595. The topological polar surface area (TPSA) is 71.5 Å². The average Bonchev–Trinajstić information content (AvgIpc) is 2.78. The third kappa shape index (κ3) is 5.45. The largest absolute Gasteiger partial charge is 0.488 e. The monoisotopic (exact) mass is 404 g/mol. The Morgan fingerprint density at radius 1 is 1.17 bits per heavy atom. The first-order chi connectivity index (χ1) is 14.5. The van der Waals surface area contributed by atoms with Gasteiger partial charge in [-0.25, -0.2) is 0 Å². The van der Waals surface area contributed by atoms with Crippen LogP contribution >= 0.6 is 0 Å². The molecule has 5 nitrogen and oxygen atoms in total. The molecule has 2 atom stereocenters. The van der Waals surface area contributed by atoms with Crippen molar-refractivity contribution in [2.75, 3.05) is 7.05 Å². The number of amides is 1. The van der Waals surface area contributed by atoms with E-state index >= 15 is 0 Å². The second kappa shape index (κ2) is 10.0. The molecule has 2 N–H and O–H groups in total. The van der Waals surface area contributed by atoms with E-state index in [2.05, 4.69) is 10.3 Å². The minimum Gasteiger partial charge on any atom is -0.488 e. The Hall–Kier alpha value is -3.18. The van der Waals surface area contributed by atoms with Crippen molar-refractivity contribution < 1.29 is 14.6 Å². The van der Waals surface area contributed by atoms with Crippen molar-refractivity contribution in [3.05, 3.63) is 83.7 Å². The maximum Gasteiger partial charge on any atom is 0.251 e. The lowest BCUT2D eigenvalue weighted by Gasteiger charge is -2.21. The van der Waals surface area contributed by atoms with E-state index in [9.17, 15) is 9.90 Å². The Kier molecular flexibility index (Phi) is 7.20. The van der Waals surface area contributed by atoms with Crippen molar-refractivity contribution in [1.82, 2.24) is 10.3 Å². The molecule has 0 spiro atoms. The Morgan fingerprint density at radius 3 is 2.60 bits per heavy atom. The molecule has 3 rings (SSSR count). The molecule has 0 aliphatic heterocycles. The maximum atomic E-state index is 11.9. The minimum atomic E-state index is -0.573. The van der Waals surface area contributed by atoms with Crippen LogP contribution in [0.15, 0.2) is 67.0 Å². The molecule has 0 saturated heterocycles. The van der Waals surface area contributed by atoms with Gasteiger partial charge in [-0.3, -0.25) is 9.78 Å². The van der Waals surface area contributed by atoms with Crippen LogP contribution in [0.4, 0.5) is 0 Å². The van der Waals surface area contributed by atoms with Crippen LogP contribution in [0, 0.1) is 6.92 Å². The van der Waals surface area contributed by atoms with Gasteiger partial charge in [-0.15, -0.1) is 0 Å². The van der Waals surface area contributed by atoms with E-state index < -0.39 is 6.10 Å². The smallest absolute Gasteiger partial charge is 0.251 e. The number of benzene rings is 2. The fourth-order valence-electron chi connectivity index (χ4n) is 3.32. The van der Waals surface area contributed by atoms with Crippen LogP contribution in [0.2, 0.25) is 0 Å². The molecule has 156 valence electrons. The summed E-state index contributed by atoms with van der Waals surface area (Å²) >= 11 is 0. The van der Waals surface area contributed by atoms with Crippen molar-refractivity contribution in [2.45, 2.75) is 38.9 Å². The first-order valence-electron chi connectivity index (χ1n) is 10.1. The molecule has 3 aromatic rings. The number of rotatable bonds is 8. The van der Waals surface area contributed by atoms with Gasteiger partial charge < -0.3 is 15.2 Å². The summed E-state index contributed by atoms with van der Waals surface area (Å²) in [4.78, 5) is 16.0. The Morgan fingerprint density at radius 2 is 1.93 bits per heavy atom. The number of hydrogen-bond acceptors (Lipinski definition) is 4. The summed E-state index contributed by atoms with van der Waals surface area (Å²) in [7, 11) is 1.63. The van der Waals surface area contributed by atoms with Gasteiger partial charge in [0.15, 0.2) is 0 Å². The van der Waals surface area contributed by atoms with Crippen LogP contribution in [-0.2, 0) is 6.42 Å². The highest BCUT2D eigenvalue weighted by molar-refractivity contribution is 5.95. The number of ether oxygens (including phenoxy) is 1. The van der Waals surface area contributed by atoms with Crippen LogP contribution < -0.4 is 10.1 Å². The molecule has 2 unspecified atom stereocenters. The maximum absolute atomic E-state index is 11.9. The zero-order chi connectivity index (χ0) is 21.5. The molecular weight excluding hydrogens is 376 g/mol. The fourth-order valence-corrected chi connectivity index (χ4v) is 3.32. The lowest BCUT2D eigenvalue weighted by atomic mass is 9.98. The summed E-state index contributed by atoms with van der Waals surface area (Å²) in [6.45, 7) is 3.90. The first-order valence-corrected chi connectivity index (χ1v) is 10.1. The minimum absolute atomic E-state index is 0.106. The van der Waals surface area contributed by atoms with Crippen LogP contribution in [0.5, 0.6) is 5.75 Å². The SMILES string of the molecule is CNC(=O)c1ccc(C)c(-c2ccc(OC(C)C(O)CCc3cccnc3)cc2)c1. The number of nitrogens with one attached hydrogen (secondary N) is 1. The third-order valence-electron chi connectivity index (χ3n) is 5.21. The third-order valence-corrected chi connectivity index (χ3v) is 5.21. The zero-order valence-corrected chi connectivity index (χ0v) is 17.6. The van der Waals surface area contributed by atoms with E-state index in [0.717, 1.165) is 28.7 Å². The number of nitrogens with zero attached hydrogens (tertiary/aromatic N) is 1. The van der Waals surface area contributed by atoms with Crippen LogP contribution in [-0.4, -0.2) is 35.3 Å². The van der Waals surface area contributed by atoms with Gasteiger partial charge in [-0.05, 0) is 79.3 Å². The second-order valence-corrected chi connectivity index (χ2v) is 7.42. The molecule has 0 radical (unpaired) electrons. The molecule has 1 heterocycles. The van der Waals surface area contributed by atoms with Gasteiger partial charge in [-0.1, -0.05) is 24.3 Å². The van der Waals surface area contributed by atoms with Gasteiger partial charge in [0.05, 0.1) is 6.10 Å². The summed E-state index contributed by atoms with van der Waals surface area (Å²) < 4.78 is 5.94. The molecule has 1 amide bonds. The molecular formula is C25H28N2O3. The highest BCUT2D eigenvalue weighted by Crippen LogP contribution is 2.27. The van der Waals surface area contributed by atoms with Crippen molar-refractivity contribution in [2.24, 2.45) is 0 Å². The molecule has 0 saturated carbocycles. The molecule has 30 heavy (non-hydrogen) atoms. The number of carbonyl (C=O) groups is 1. The summed E-state index contributed by atoms with van der Waals surface area (Å²) in [5, 5.41) is 13.1. The lowest BCUT2D eigenvalue weighted by Crippen LogP contribution is -2.29. The Balaban J connectivity index is 1.63. The number of hydrogen-bond donors (Lipinski definition) is 2. The number of aromatic nitrogens is 1. The van der Waals surface area contributed by atoms with Crippen LogP contribution in [0.25, 0.3) is 11.1 Å². The van der Waals surface area contributed by atoms with Crippen LogP contribution in [0.1, 0.15) is 34.8 Å². The Labute approximate surface area is 177 Å². The van der Waals surface area contributed by atoms with E-state index in [1.165, 1.54) is 0 Å². The summed E-state index contributed by atoms with van der Waals surface area (Å²) in [6, 6.07) is 17.3. The molecule has 0 aliphatic rings. The van der Waals surface area contributed by atoms with Gasteiger partial charge in [0.1, 0.15) is 11.9 Å².